The van der Waals surface area contributed by atoms with Crippen LogP contribution in [0.25, 0.3) is 0 Å². The molecule has 104 valence electrons. The topological polar surface area (TPSA) is 71.2 Å². The summed E-state index contributed by atoms with van der Waals surface area (Å²) in [5.74, 6) is 1.15. The van der Waals surface area contributed by atoms with Gasteiger partial charge in [-0.05, 0) is 44.9 Å². The van der Waals surface area contributed by atoms with E-state index in [0.29, 0.717) is 23.8 Å². The summed E-state index contributed by atoms with van der Waals surface area (Å²) in [6, 6.07) is 3.88. The van der Waals surface area contributed by atoms with Crippen LogP contribution in [0.3, 0.4) is 0 Å². The molecule has 1 aliphatic heterocycles. The molecule has 0 spiro atoms. The van der Waals surface area contributed by atoms with Gasteiger partial charge in [0.2, 0.25) is 0 Å². The van der Waals surface area contributed by atoms with Crippen molar-refractivity contribution in [2.45, 2.75) is 26.3 Å². The quantitative estimate of drug-likeness (QED) is 0.858. The third-order valence-electron chi connectivity index (χ3n) is 3.37. The molecule has 0 aliphatic carbocycles. The van der Waals surface area contributed by atoms with E-state index in [2.05, 4.69) is 10.3 Å². The van der Waals surface area contributed by atoms with Crippen LogP contribution in [-0.2, 0) is 0 Å². The normalized spacial score (nSPS) is 18.9. The Balaban J connectivity index is 2.15. The highest BCUT2D eigenvalue weighted by atomic mass is 16.2. The summed E-state index contributed by atoms with van der Waals surface area (Å²) < 4.78 is 0. The summed E-state index contributed by atoms with van der Waals surface area (Å²) in [5, 5.41) is 3.22. The summed E-state index contributed by atoms with van der Waals surface area (Å²) in [6.07, 6.45) is 2.70. The molecule has 1 aromatic heterocycles. The van der Waals surface area contributed by atoms with Crippen LogP contribution in [0, 0.1) is 5.92 Å². The lowest BCUT2D eigenvalue weighted by molar-refractivity contribution is 0.0788. The molecule has 19 heavy (non-hydrogen) atoms. The average molecular weight is 262 g/mol. The highest BCUT2D eigenvalue weighted by Gasteiger charge is 2.27. The summed E-state index contributed by atoms with van der Waals surface area (Å²) in [5.41, 5.74) is 6.32. The van der Waals surface area contributed by atoms with Crippen molar-refractivity contribution >= 4 is 11.7 Å². The van der Waals surface area contributed by atoms with Crippen molar-refractivity contribution in [2.24, 2.45) is 11.7 Å². The Labute approximate surface area is 114 Å². The third kappa shape index (κ3) is 3.23. The first-order valence-corrected chi connectivity index (χ1v) is 6.82. The molecule has 5 heteroatoms. The fourth-order valence-corrected chi connectivity index (χ4v) is 2.35. The van der Waals surface area contributed by atoms with Gasteiger partial charge in [-0.15, -0.1) is 0 Å². The van der Waals surface area contributed by atoms with Crippen molar-refractivity contribution in [3.05, 3.63) is 23.9 Å². The van der Waals surface area contributed by atoms with Gasteiger partial charge in [-0.25, -0.2) is 4.98 Å². The van der Waals surface area contributed by atoms with E-state index in [-0.39, 0.29) is 11.9 Å². The first-order valence-electron chi connectivity index (χ1n) is 6.82. The Kier molecular flexibility index (Phi) is 4.37. The molecular weight excluding hydrogens is 240 g/mol. The largest absolute Gasteiger partial charge is 0.367 e. The summed E-state index contributed by atoms with van der Waals surface area (Å²) in [4.78, 5) is 18.7. The van der Waals surface area contributed by atoms with Gasteiger partial charge in [-0.1, -0.05) is 0 Å². The van der Waals surface area contributed by atoms with Gasteiger partial charge in [0.25, 0.3) is 5.91 Å². The number of nitrogens with zero attached hydrogens (tertiary/aromatic N) is 2. The van der Waals surface area contributed by atoms with Crippen LogP contribution in [-0.4, -0.2) is 41.5 Å². The molecule has 2 heterocycles. The van der Waals surface area contributed by atoms with E-state index in [1.807, 2.05) is 24.8 Å². The van der Waals surface area contributed by atoms with E-state index in [0.717, 1.165) is 19.5 Å². The number of hydrogen-bond donors (Lipinski definition) is 2. The number of amides is 1. The number of nitrogens with one attached hydrogen (secondary N) is 1. The van der Waals surface area contributed by atoms with Gasteiger partial charge in [0.05, 0.1) is 5.56 Å². The lowest BCUT2D eigenvalue weighted by Crippen LogP contribution is -2.31. The maximum Gasteiger partial charge on any atom is 0.257 e. The molecule has 1 aromatic rings. The Morgan fingerprint density at radius 3 is 3.05 bits per heavy atom. The van der Waals surface area contributed by atoms with Gasteiger partial charge >= 0.3 is 0 Å². The minimum Gasteiger partial charge on any atom is -0.367 e. The van der Waals surface area contributed by atoms with Crippen molar-refractivity contribution in [1.82, 2.24) is 9.88 Å². The van der Waals surface area contributed by atoms with Gasteiger partial charge in [0.1, 0.15) is 5.82 Å². The highest BCUT2D eigenvalue weighted by Crippen LogP contribution is 2.21. The zero-order valence-electron chi connectivity index (χ0n) is 11.6. The fraction of sp³-hybridized carbons (Fsp3) is 0.571. The molecule has 1 fully saturated rings. The van der Waals surface area contributed by atoms with Crippen LogP contribution in [0.15, 0.2) is 18.3 Å². The molecule has 1 atom stereocenters. The number of rotatable bonds is 4. The van der Waals surface area contributed by atoms with Crippen LogP contribution >= 0.6 is 0 Å². The van der Waals surface area contributed by atoms with E-state index in [1.54, 1.807) is 12.3 Å². The molecule has 0 bridgehead atoms. The highest BCUT2D eigenvalue weighted by molar-refractivity contribution is 5.98. The van der Waals surface area contributed by atoms with Crippen molar-refractivity contribution in [3.8, 4) is 0 Å². The Bertz CT molecular complexity index is 447. The second kappa shape index (κ2) is 6.02. The summed E-state index contributed by atoms with van der Waals surface area (Å²) >= 11 is 0. The van der Waals surface area contributed by atoms with E-state index < -0.39 is 0 Å². The minimum absolute atomic E-state index is 0.0483. The molecule has 1 amide bonds. The Hall–Kier alpha value is -1.62. The maximum absolute atomic E-state index is 12.5. The number of nitrogens with two attached hydrogens (primary N) is 1. The standard InChI is InChI=1S/C14H22N4O/c1-10(2)17-13-12(4-3-6-16-13)14(19)18-7-5-11(8-15)9-18/h3-4,6,10-11H,5,7-9,15H2,1-2H3,(H,16,17). The smallest absolute Gasteiger partial charge is 0.257 e. The van der Waals surface area contributed by atoms with Crippen molar-refractivity contribution < 1.29 is 4.79 Å². The number of aromatic nitrogens is 1. The van der Waals surface area contributed by atoms with Crippen LogP contribution in [0.5, 0.6) is 0 Å². The molecule has 1 unspecified atom stereocenters. The second-order valence-electron chi connectivity index (χ2n) is 5.34. The lowest BCUT2D eigenvalue weighted by atomic mass is 10.1. The molecule has 0 saturated carbocycles. The van der Waals surface area contributed by atoms with Crippen molar-refractivity contribution in [3.63, 3.8) is 0 Å². The van der Waals surface area contributed by atoms with Crippen LogP contribution in [0.4, 0.5) is 5.82 Å². The zero-order valence-corrected chi connectivity index (χ0v) is 11.6. The van der Waals surface area contributed by atoms with E-state index in [9.17, 15) is 4.79 Å². The molecule has 0 radical (unpaired) electrons. The molecule has 1 aliphatic rings. The summed E-state index contributed by atoms with van der Waals surface area (Å²) in [7, 11) is 0. The second-order valence-corrected chi connectivity index (χ2v) is 5.34. The molecule has 0 aromatic carbocycles. The molecular formula is C14H22N4O. The van der Waals surface area contributed by atoms with Gasteiger partial charge in [-0.2, -0.15) is 0 Å². The number of anilines is 1. The lowest BCUT2D eigenvalue weighted by Gasteiger charge is -2.19. The van der Waals surface area contributed by atoms with Crippen LogP contribution in [0.2, 0.25) is 0 Å². The molecule has 2 rings (SSSR count). The predicted molar refractivity (Wildman–Crippen MR) is 76.1 cm³/mol. The number of carbonyl (C=O) groups is 1. The van der Waals surface area contributed by atoms with Crippen LogP contribution < -0.4 is 11.1 Å². The minimum atomic E-state index is 0.0483. The molecule has 1 saturated heterocycles. The maximum atomic E-state index is 12.5. The first kappa shape index (κ1) is 13.8. The van der Waals surface area contributed by atoms with E-state index in [4.69, 9.17) is 5.73 Å². The van der Waals surface area contributed by atoms with E-state index in [1.165, 1.54) is 0 Å². The average Bonchev–Trinajstić information content (AvgIpc) is 2.86. The Morgan fingerprint density at radius 1 is 1.63 bits per heavy atom. The SMILES string of the molecule is CC(C)Nc1ncccc1C(=O)N1CCC(CN)C1. The van der Waals surface area contributed by atoms with Gasteiger partial charge in [-0.3, -0.25) is 4.79 Å². The number of hydrogen-bond acceptors (Lipinski definition) is 4. The first-order chi connectivity index (χ1) is 9.11. The summed E-state index contributed by atoms with van der Waals surface area (Å²) in [6.45, 7) is 6.25. The fourth-order valence-electron chi connectivity index (χ4n) is 2.35. The number of carbonyl (C=O) groups excluding carboxylic acids is 1. The Morgan fingerprint density at radius 2 is 2.42 bits per heavy atom. The molecule has 3 N–H and O–H groups in total. The number of likely N-dealkylation sites (tertiary alicyclic amines) is 1. The zero-order chi connectivity index (χ0) is 13.8. The van der Waals surface area contributed by atoms with Gasteiger partial charge in [0.15, 0.2) is 0 Å². The predicted octanol–water partition coefficient (Wildman–Crippen LogP) is 1.32. The monoisotopic (exact) mass is 262 g/mol. The third-order valence-corrected chi connectivity index (χ3v) is 3.37. The van der Waals surface area contributed by atoms with Crippen LogP contribution in [0.1, 0.15) is 30.6 Å². The van der Waals surface area contributed by atoms with Crippen molar-refractivity contribution in [1.29, 1.82) is 0 Å². The van der Waals surface area contributed by atoms with Crippen molar-refractivity contribution in [2.75, 3.05) is 25.0 Å². The van der Waals surface area contributed by atoms with E-state index >= 15 is 0 Å². The van der Waals surface area contributed by atoms with Gasteiger partial charge in [0, 0.05) is 25.3 Å². The number of pyridine rings is 1. The van der Waals surface area contributed by atoms with Gasteiger partial charge < -0.3 is 16.0 Å². The molecule has 5 nitrogen and oxygen atoms in total.